The smallest absolute Gasteiger partial charge is 0.308 e. The van der Waals surface area contributed by atoms with Gasteiger partial charge >= 0.3 is 6.03 Å². The zero-order valence-corrected chi connectivity index (χ0v) is 12.9. The highest BCUT2D eigenvalue weighted by atomic mass is 32.2. The Balaban J connectivity index is 1.79. The molecule has 0 fully saturated rings. The standard InChI is InChI=1S/C14H8F3N3O4S/c15-9-4-7(5-10(16)12(9)17)19-14(22)18-6-1-2-11-8(3-6)13(21)20-25(11,23)24/h1-5H,(H,20,21)(H2,18,19,22). The van der Waals surface area contributed by atoms with Gasteiger partial charge in [0.1, 0.15) is 4.90 Å². The molecule has 3 N–H and O–H groups in total. The highest BCUT2D eigenvalue weighted by Gasteiger charge is 2.32. The number of anilines is 2. The van der Waals surface area contributed by atoms with Gasteiger partial charge in [-0.15, -0.1) is 0 Å². The third-order valence-electron chi connectivity index (χ3n) is 3.24. The average molecular weight is 371 g/mol. The molecule has 25 heavy (non-hydrogen) atoms. The van der Waals surface area contributed by atoms with Crippen LogP contribution in [-0.4, -0.2) is 20.4 Å². The second kappa shape index (κ2) is 5.77. The van der Waals surface area contributed by atoms with E-state index in [1.54, 1.807) is 4.72 Å². The maximum absolute atomic E-state index is 13.1. The molecular weight excluding hydrogens is 363 g/mol. The molecule has 130 valence electrons. The van der Waals surface area contributed by atoms with Crippen molar-refractivity contribution in [2.75, 3.05) is 10.6 Å². The minimum atomic E-state index is -3.91. The number of carbonyl (C=O) groups is 2. The molecule has 0 radical (unpaired) electrons. The molecule has 0 atom stereocenters. The summed E-state index contributed by atoms with van der Waals surface area (Å²) in [6.07, 6.45) is 0. The quantitative estimate of drug-likeness (QED) is 0.704. The van der Waals surface area contributed by atoms with E-state index in [1.807, 2.05) is 0 Å². The lowest BCUT2D eigenvalue weighted by Crippen LogP contribution is -2.21. The minimum absolute atomic E-state index is 0.0616. The topological polar surface area (TPSA) is 104 Å². The van der Waals surface area contributed by atoms with Crippen molar-refractivity contribution in [1.82, 2.24) is 4.72 Å². The van der Waals surface area contributed by atoms with Crippen molar-refractivity contribution in [1.29, 1.82) is 0 Å². The monoisotopic (exact) mass is 371 g/mol. The fourth-order valence-corrected chi connectivity index (χ4v) is 3.32. The average Bonchev–Trinajstić information content (AvgIpc) is 2.74. The predicted molar refractivity (Wildman–Crippen MR) is 80.1 cm³/mol. The fraction of sp³-hybridized carbons (Fsp3) is 0. The number of benzene rings is 2. The van der Waals surface area contributed by atoms with Crippen LogP contribution in [0.5, 0.6) is 0 Å². The van der Waals surface area contributed by atoms with Crippen molar-refractivity contribution in [3.63, 3.8) is 0 Å². The van der Waals surface area contributed by atoms with E-state index in [9.17, 15) is 31.2 Å². The largest absolute Gasteiger partial charge is 0.323 e. The van der Waals surface area contributed by atoms with Gasteiger partial charge in [0.25, 0.3) is 15.9 Å². The number of hydrogen-bond acceptors (Lipinski definition) is 4. The van der Waals surface area contributed by atoms with Gasteiger partial charge in [-0.05, 0) is 18.2 Å². The van der Waals surface area contributed by atoms with Crippen molar-refractivity contribution in [2.24, 2.45) is 0 Å². The molecule has 2 aromatic rings. The molecule has 0 aliphatic carbocycles. The highest BCUT2D eigenvalue weighted by Crippen LogP contribution is 2.25. The van der Waals surface area contributed by atoms with E-state index in [0.29, 0.717) is 12.1 Å². The lowest BCUT2D eigenvalue weighted by Gasteiger charge is -2.09. The summed E-state index contributed by atoms with van der Waals surface area (Å²) in [6, 6.07) is 3.70. The van der Waals surface area contributed by atoms with E-state index in [2.05, 4.69) is 10.6 Å². The Morgan fingerprint density at radius 3 is 2.20 bits per heavy atom. The first-order chi connectivity index (χ1) is 11.7. The molecule has 3 amide bonds. The summed E-state index contributed by atoms with van der Waals surface area (Å²) in [5.74, 6) is -5.47. The molecule has 1 aliphatic rings. The first-order valence-corrected chi connectivity index (χ1v) is 8.09. The van der Waals surface area contributed by atoms with Gasteiger partial charge in [-0.25, -0.2) is 31.1 Å². The Morgan fingerprint density at radius 1 is 0.960 bits per heavy atom. The number of hydrogen-bond donors (Lipinski definition) is 3. The first kappa shape index (κ1) is 16.8. The zero-order chi connectivity index (χ0) is 18.4. The second-order valence-corrected chi connectivity index (χ2v) is 6.63. The third kappa shape index (κ3) is 3.13. The van der Waals surface area contributed by atoms with Crippen LogP contribution in [0.1, 0.15) is 10.4 Å². The van der Waals surface area contributed by atoms with Crippen LogP contribution in [0.2, 0.25) is 0 Å². The van der Waals surface area contributed by atoms with Crippen molar-refractivity contribution in [3.8, 4) is 0 Å². The molecule has 0 spiro atoms. The lowest BCUT2D eigenvalue weighted by atomic mass is 10.2. The molecule has 0 aromatic heterocycles. The molecule has 3 rings (SSSR count). The summed E-state index contributed by atoms with van der Waals surface area (Å²) >= 11 is 0. The summed E-state index contributed by atoms with van der Waals surface area (Å²) in [5, 5.41) is 4.34. The van der Waals surface area contributed by atoms with E-state index < -0.39 is 39.4 Å². The third-order valence-corrected chi connectivity index (χ3v) is 4.63. The van der Waals surface area contributed by atoms with E-state index in [4.69, 9.17) is 0 Å². The fourth-order valence-electron chi connectivity index (χ4n) is 2.17. The van der Waals surface area contributed by atoms with Gasteiger partial charge in [0.05, 0.1) is 5.56 Å². The van der Waals surface area contributed by atoms with Gasteiger partial charge in [0.2, 0.25) is 0 Å². The number of carbonyl (C=O) groups excluding carboxylic acids is 2. The van der Waals surface area contributed by atoms with Gasteiger partial charge in [0, 0.05) is 23.5 Å². The first-order valence-electron chi connectivity index (χ1n) is 6.61. The number of halogens is 3. The van der Waals surface area contributed by atoms with Gasteiger partial charge in [0.15, 0.2) is 17.5 Å². The number of rotatable bonds is 2. The van der Waals surface area contributed by atoms with Gasteiger partial charge in [-0.3, -0.25) is 4.79 Å². The van der Waals surface area contributed by atoms with Gasteiger partial charge in [-0.2, -0.15) is 0 Å². The Labute approximate surface area is 138 Å². The molecule has 0 saturated carbocycles. The number of amides is 3. The summed E-state index contributed by atoms with van der Waals surface area (Å²) in [7, 11) is -3.91. The molecular formula is C14H8F3N3O4S. The SMILES string of the molecule is O=C(Nc1cc(F)c(F)c(F)c1)Nc1ccc2c(c1)C(=O)NS2(=O)=O. The maximum Gasteiger partial charge on any atom is 0.323 e. The van der Waals surface area contributed by atoms with Crippen LogP contribution in [0.15, 0.2) is 35.2 Å². The van der Waals surface area contributed by atoms with Crippen LogP contribution in [0.4, 0.5) is 29.3 Å². The van der Waals surface area contributed by atoms with Crippen molar-refractivity contribution in [2.45, 2.75) is 4.90 Å². The van der Waals surface area contributed by atoms with E-state index in [-0.39, 0.29) is 21.8 Å². The van der Waals surface area contributed by atoms with E-state index >= 15 is 0 Å². The predicted octanol–water partition coefficient (Wildman–Crippen LogP) is 2.18. The van der Waals surface area contributed by atoms with E-state index in [0.717, 1.165) is 12.1 Å². The Hall–Kier alpha value is -3.08. The van der Waals surface area contributed by atoms with Gasteiger partial charge in [-0.1, -0.05) is 0 Å². The van der Waals surface area contributed by atoms with Crippen LogP contribution in [0, 0.1) is 17.5 Å². The molecule has 11 heteroatoms. The van der Waals surface area contributed by atoms with Crippen molar-refractivity contribution in [3.05, 3.63) is 53.3 Å². The number of sulfonamides is 1. The second-order valence-electron chi connectivity index (χ2n) is 4.98. The molecule has 0 bridgehead atoms. The lowest BCUT2D eigenvalue weighted by molar-refractivity contribution is 0.0985. The summed E-state index contributed by atoms with van der Waals surface area (Å²) in [4.78, 5) is 23.2. The minimum Gasteiger partial charge on any atom is -0.308 e. The van der Waals surface area contributed by atoms with Crippen LogP contribution >= 0.6 is 0 Å². The number of urea groups is 1. The van der Waals surface area contributed by atoms with Crippen LogP contribution in [-0.2, 0) is 10.0 Å². The molecule has 7 nitrogen and oxygen atoms in total. The van der Waals surface area contributed by atoms with Crippen molar-refractivity contribution >= 4 is 33.3 Å². The Kier molecular flexibility index (Phi) is 3.87. The molecule has 1 heterocycles. The molecule has 1 aliphatic heterocycles. The summed E-state index contributed by atoms with van der Waals surface area (Å²) < 4.78 is 64.0. The number of fused-ring (bicyclic) bond motifs is 1. The van der Waals surface area contributed by atoms with E-state index in [1.165, 1.54) is 6.07 Å². The van der Waals surface area contributed by atoms with Crippen molar-refractivity contribution < 1.29 is 31.2 Å². The normalized spacial score (nSPS) is 14.6. The van der Waals surface area contributed by atoms with Crippen LogP contribution in [0.3, 0.4) is 0 Å². The highest BCUT2D eigenvalue weighted by molar-refractivity contribution is 7.90. The zero-order valence-electron chi connectivity index (χ0n) is 12.1. The van der Waals surface area contributed by atoms with Crippen LogP contribution in [0.25, 0.3) is 0 Å². The summed E-state index contributed by atoms with van der Waals surface area (Å²) in [5.41, 5.74) is -0.432. The molecule has 2 aromatic carbocycles. The summed E-state index contributed by atoms with van der Waals surface area (Å²) in [6.45, 7) is 0. The molecule has 0 unspecified atom stereocenters. The Bertz CT molecular complexity index is 1000. The van der Waals surface area contributed by atoms with Gasteiger partial charge < -0.3 is 10.6 Å². The number of nitrogens with one attached hydrogen (secondary N) is 3. The van der Waals surface area contributed by atoms with Crippen LogP contribution < -0.4 is 15.4 Å². The molecule has 0 saturated heterocycles. The Morgan fingerprint density at radius 2 is 1.56 bits per heavy atom. The maximum atomic E-state index is 13.1.